The molecule has 0 aliphatic carbocycles. The van der Waals surface area contributed by atoms with Crippen LogP contribution in [0.4, 0.5) is 0 Å². The first-order valence-electron chi connectivity index (χ1n) is 17.8. The van der Waals surface area contributed by atoms with Crippen LogP contribution in [0, 0.1) is 13.8 Å². The molecular formula is C44H26N4O8. The maximum absolute atomic E-state index is 14.9. The summed E-state index contributed by atoms with van der Waals surface area (Å²) in [4.78, 5) is 90.1. The second kappa shape index (κ2) is 10.1. The maximum Gasteiger partial charge on any atom is 0.248 e. The van der Waals surface area contributed by atoms with Crippen molar-refractivity contribution < 1.29 is 10.2 Å². The number of para-hydroxylation sites is 2. The largest absolute Gasteiger partial charge is 0.507 e. The van der Waals surface area contributed by atoms with Crippen molar-refractivity contribution in [3.63, 3.8) is 0 Å². The highest BCUT2D eigenvalue weighted by Crippen LogP contribution is 2.53. The molecular weight excluding hydrogens is 713 g/mol. The summed E-state index contributed by atoms with van der Waals surface area (Å²) in [6.07, 6.45) is 0. The topological polar surface area (TPSA) is 184 Å². The van der Waals surface area contributed by atoms with Gasteiger partial charge in [0.15, 0.2) is 10.9 Å². The molecule has 0 atom stereocenters. The Balaban J connectivity index is 1.61. The summed E-state index contributed by atoms with van der Waals surface area (Å²) < 4.78 is 3.56. The predicted molar refractivity (Wildman–Crippen MR) is 221 cm³/mol. The lowest BCUT2D eigenvalue weighted by molar-refractivity contribution is 0.479. The Morgan fingerprint density at radius 2 is 0.804 bits per heavy atom. The van der Waals surface area contributed by atoms with E-state index in [1.165, 1.54) is 12.1 Å². The normalized spacial score (nSPS) is 12.5. The van der Waals surface area contributed by atoms with Crippen LogP contribution in [0.2, 0.25) is 0 Å². The molecule has 0 fully saturated rings. The van der Waals surface area contributed by atoms with Crippen LogP contribution in [-0.4, -0.2) is 29.3 Å². The van der Waals surface area contributed by atoms with Crippen molar-refractivity contribution in [3.8, 4) is 11.5 Å². The zero-order chi connectivity index (χ0) is 39.0. The highest BCUT2D eigenvalue weighted by atomic mass is 16.3. The predicted octanol–water partition coefficient (Wildman–Crippen LogP) is 5.62. The number of hydrogen-bond acceptors (Lipinski definition) is 8. The fourth-order valence-electron chi connectivity index (χ4n) is 9.76. The van der Waals surface area contributed by atoms with Crippen LogP contribution < -0.4 is 32.8 Å². The molecule has 7 aromatic carbocycles. The number of nitrogens with zero attached hydrogens (tertiary/aromatic N) is 2. The fraction of sp³-hybridized carbons (Fsp3) is 0.0909. The third kappa shape index (κ3) is 3.45. The first-order valence-corrected chi connectivity index (χ1v) is 17.8. The van der Waals surface area contributed by atoms with Crippen molar-refractivity contribution in [1.29, 1.82) is 0 Å². The number of rotatable bonds is 0. The van der Waals surface area contributed by atoms with Crippen LogP contribution in [0.1, 0.15) is 11.1 Å². The summed E-state index contributed by atoms with van der Waals surface area (Å²) in [7, 11) is 3.50. The average molecular weight is 739 g/mol. The molecule has 4 aromatic heterocycles. The van der Waals surface area contributed by atoms with Gasteiger partial charge in [0.2, 0.25) is 22.0 Å². The SMILES string of the molecule is Cc1cc(=O)[nH]c2c(=O)c3c4c(O)c5c(c(O)c4c4c(c6ccccc6n4C)c3c(=O)c12)c1c(c2ccccc2n1C)c1c(=O)c2c(C)cc(=O)[nH]c2c(=O)c51. The molecule has 0 radical (unpaired) electrons. The van der Waals surface area contributed by atoms with Gasteiger partial charge in [0.1, 0.15) is 22.5 Å². The number of aromatic amines is 2. The third-order valence-electron chi connectivity index (χ3n) is 11.9. The summed E-state index contributed by atoms with van der Waals surface area (Å²) in [5.41, 5.74) is -1.93. The number of phenols is 2. The summed E-state index contributed by atoms with van der Waals surface area (Å²) >= 11 is 0. The molecule has 0 saturated carbocycles. The zero-order valence-corrected chi connectivity index (χ0v) is 30.0. The van der Waals surface area contributed by atoms with Crippen LogP contribution in [-0.2, 0) is 14.1 Å². The minimum atomic E-state index is -0.781. The van der Waals surface area contributed by atoms with E-state index in [9.17, 15) is 39.0 Å². The molecule has 0 amide bonds. The molecule has 0 aliphatic rings. The van der Waals surface area contributed by atoms with E-state index in [4.69, 9.17) is 0 Å². The molecule has 270 valence electrons. The van der Waals surface area contributed by atoms with E-state index in [0.29, 0.717) is 43.6 Å². The molecule has 12 heteroatoms. The molecule has 12 nitrogen and oxygen atoms in total. The molecule has 11 aromatic rings. The van der Waals surface area contributed by atoms with Gasteiger partial charge in [0, 0.05) is 91.1 Å². The Bertz CT molecular complexity index is 3880. The standard InChI is InChI=1S/C44H26N4O8/c1-15-13-21(49)45-35-23(15)39(51)27-25-17-9-5-7-11-19(17)47(3)37(25)33-31(29(27)43(35)55)41(53)32-30-28(40(52)24-16(2)14-22(50)46-36(24)44(30)56)26-18-10-6-8-12-20(18)48(4)38(26)34(32)42(33)54/h5-14,53-54H,1-4H3,(H,45,49)(H,46,50). The number of pyridine rings is 2. The first-order chi connectivity index (χ1) is 26.8. The molecule has 56 heavy (non-hydrogen) atoms. The van der Waals surface area contributed by atoms with Crippen molar-refractivity contribution in [1.82, 2.24) is 19.1 Å². The van der Waals surface area contributed by atoms with E-state index in [1.807, 2.05) is 24.3 Å². The van der Waals surface area contributed by atoms with Gasteiger partial charge in [-0.05, 0) is 37.1 Å². The van der Waals surface area contributed by atoms with E-state index in [0.717, 1.165) is 0 Å². The van der Waals surface area contributed by atoms with Crippen LogP contribution in [0.3, 0.4) is 0 Å². The zero-order valence-electron chi connectivity index (χ0n) is 30.0. The Morgan fingerprint density at radius 1 is 0.446 bits per heavy atom. The maximum atomic E-state index is 14.9. The van der Waals surface area contributed by atoms with Gasteiger partial charge in [-0.3, -0.25) is 28.8 Å². The van der Waals surface area contributed by atoms with Gasteiger partial charge in [-0.2, -0.15) is 0 Å². The Morgan fingerprint density at radius 3 is 1.21 bits per heavy atom. The van der Waals surface area contributed by atoms with Gasteiger partial charge in [-0.25, -0.2) is 0 Å². The van der Waals surface area contributed by atoms with E-state index in [1.54, 1.807) is 61.3 Å². The van der Waals surface area contributed by atoms with Crippen molar-refractivity contribution in [2.75, 3.05) is 0 Å². The molecule has 4 heterocycles. The van der Waals surface area contributed by atoms with Crippen molar-refractivity contribution in [3.05, 3.63) is 133 Å². The van der Waals surface area contributed by atoms with Crippen LogP contribution in [0.25, 0.3) is 109 Å². The van der Waals surface area contributed by atoms with Crippen molar-refractivity contribution >= 4 is 109 Å². The molecule has 11 rings (SSSR count). The molecule has 0 unspecified atom stereocenters. The number of nitrogens with one attached hydrogen (secondary N) is 2. The van der Waals surface area contributed by atoms with E-state index in [-0.39, 0.29) is 76.0 Å². The molecule has 0 spiro atoms. The van der Waals surface area contributed by atoms with Gasteiger partial charge in [-0.15, -0.1) is 0 Å². The highest BCUT2D eigenvalue weighted by Gasteiger charge is 2.32. The minimum absolute atomic E-state index is 0.00600. The Kier molecular flexibility index (Phi) is 5.76. The van der Waals surface area contributed by atoms with Crippen LogP contribution >= 0.6 is 0 Å². The average Bonchev–Trinajstić information content (AvgIpc) is 3.63. The Hall–Kier alpha value is -7.60. The number of H-pyrrole nitrogens is 2. The number of benzene rings is 7. The molecule has 0 bridgehead atoms. The van der Waals surface area contributed by atoms with Gasteiger partial charge < -0.3 is 29.3 Å². The highest BCUT2D eigenvalue weighted by molar-refractivity contribution is 6.42. The summed E-state index contributed by atoms with van der Waals surface area (Å²) in [5.74, 6) is -1.06. The number of aromatic nitrogens is 4. The van der Waals surface area contributed by atoms with Gasteiger partial charge >= 0.3 is 0 Å². The fourth-order valence-corrected chi connectivity index (χ4v) is 9.76. The summed E-state index contributed by atoms with van der Waals surface area (Å²) in [5, 5.41) is 26.7. The lowest BCUT2D eigenvalue weighted by Crippen LogP contribution is -2.21. The van der Waals surface area contributed by atoms with E-state index in [2.05, 4.69) is 9.97 Å². The third-order valence-corrected chi connectivity index (χ3v) is 11.9. The van der Waals surface area contributed by atoms with Crippen molar-refractivity contribution in [2.45, 2.75) is 13.8 Å². The van der Waals surface area contributed by atoms with Crippen LogP contribution in [0.5, 0.6) is 11.5 Å². The second-order valence-corrected chi connectivity index (χ2v) is 14.7. The van der Waals surface area contributed by atoms with Gasteiger partial charge in [0.25, 0.3) is 0 Å². The minimum Gasteiger partial charge on any atom is -0.507 e. The molecule has 4 N–H and O–H groups in total. The Labute approximate surface area is 310 Å². The monoisotopic (exact) mass is 738 g/mol. The molecule has 0 saturated heterocycles. The summed E-state index contributed by atoms with van der Waals surface area (Å²) in [6.45, 7) is 3.13. The second-order valence-electron chi connectivity index (χ2n) is 14.7. The quantitative estimate of drug-likeness (QED) is 0.0878. The van der Waals surface area contributed by atoms with E-state index < -0.39 is 44.3 Å². The number of phenolic OH excluding ortho intramolecular Hbond substituents is 2. The van der Waals surface area contributed by atoms with Crippen molar-refractivity contribution in [2.24, 2.45) is 14.1 Å². The van der Waals surface area contributed by atoms with Crippen LogP contribution in [0.15, 0.2) is 89.4 Å². The van der Waals surface area contributed by atoms with E-state index >= 15 is 0 Å². The number of aryl methyl sites for hydroxylation is 4. The summed E-state index contributed by atoms with van der Waals surface area (Å²) in [6, 6.07) is 17.0. The number of aromatic hydroxyl groups is 2. The smallest absolute Gasteiger partial charge is 0.248 e. The number of fused-ring (bicyclic) bond motifs is 18. The van der Waals surface area contributed by atoms with Gasteiger partial charge in [0.05, 0.1) is 32.6 Å². The van der Waals surface area contributed by atoms with Gasteiger partial charge in [-0.1, -0.05) is 36.4 Å². The number of hydrogen-bond donors (Lipinski definition) is 4. The first kappa shape index (κ1) is 31.9. The lowest BCUT2D eigenvalue weighted by atomic mass is 9.87. The molecule has 0 aliphatic heterocycles. The lowest BCUT2D eigenvalue weighted by Gasteiger charge is -2.18.